The maximum absolute atomic E-state index is 11.7. The summed E-state index contributed by atoms with van der Waals surface area (Å²) in [6.07, 6.45) is 5.08. The molecule has 112 valence electrons. The van der Waals surface area contributed by atoms with Crippen molar-refractivity contribution in [3.8, 4) is 12.3 Å². The highest BCUT2D eigenvalue weighted by atomic mass is 35.5. The lowest BCUT2D eigenvalue weighted by Crippen LogP contribution is -2.39. The minimum atomic E-state index is -0.409. The van der Waals surface area contributed by atoms with E-state index in [1.54, 1.807) is 17.0 Å². The molecule has 0 heterocycles. The number of nitrogens with one attached hydrogen (secondary N) is 1. The number of halogens is 1. The molecule has 0 aliphatic heterocycles. The summed E-state index contributed by atoms with van der Waals surface area (Å²) in [6, 6.07) is 7.19. The molecule has 0 unspecified atom stereocenters. The molecule has 0 bridgehead atoms. The fourth-order valence-corrected chi connectivity index (χ4v) is 1.80. The topological polar surface area (TPSA) is 58.6 Å². The minimum Gasteiger partial charge on any atom is -0.468 e. The second-order valence-corrected chi connectivity index (χ2v) is 4.77. The van der Waals surface area contributed by atoms with Gasteiger partial charge in [0, 0.05) is 11.6 Å². The van der Waals surface area contributed by atoms with Gasteiger partial charge in [-0.25, -0.2) is 0 Å². The Hall–Kier alpha value is -2.03. The Morgan fingerprint density at radius 3 is 2.57 bits per heavy atom. The van der Waals surface area contributed by atoms with Crippen molar-refractivity contribution >= 4 is 23.5 Å². The van der Waals surface area contributed by atoms with E-state index in [0.29, 0.717) is 11.6 Å². The predicted octanol–water partition coefficient (Wildman–Crippen LogP) is 1.06. The first kappa shape index (κ1) is 17.0. The van der Waals surface area contributed by atoms with Crippen LogP contribution < -0.4 is 5.32 Å². The van der Waals surface area contributed by atoms with Gasteiger partial charge in [0.2, 0.25) is 5.91 Å². The molecule has 0 spiro atoms. The van der Waals surface area contributed by atoms with Crippen molar-refractivity contribution in [2.75, 3.05) is 26.7 Å². The Kier molecular flexibility index (Phi) is 7.30. The summed E-state index contributed by atoms with van der Waals surface area (Å²) in [7, 11) is 1.31. The number of esters is 1. The van der Waals surface area contributed by atoms with E-state index in [0.717, 1.165) is 5.56 Å². The number of carbonyl (C=O) groups is 2. The van der Waals surface area contributed by atoms with Gasteiger partial charge in [-0.1, -0.05) is 29.7 Å². The Morgan fingerprint density at radius 1 is 1.33 bits per heavy atom. The Morgan fingerprint density at radius 2 is 2.00 bits per heavy atom. The van der Waals surface area contributed by atoms with Crippen molar-refractivity contribution in [1.82, 2.24) is 10.2 Å². The number of benzene rings is 1. The standard InChI is InChI=1S/C15H17ClN2O3/c1-3-8-17-14(19)10-18(11-15(20)21-2)9-12-4-6-13(16)7-5-12/h1,4-7H,8-11H2,2H3,(H,17,19). The lowest BCUT2D eigenvalue weighted by molar-refractivity contribution is -0.142. The third-order valence-electron chi connectivity index (χ3n) is 2.65. The first-order chi connectivity index (χ1) is 10.0. The quantitative estimate of drug-likeness (QED) is 0.604. The zero-order valence-electron chi connectivity index (χ0n) is 11.8. The lowest BCUT2D eigenvalue weighted by Gasteiger charge is -2.20. The third kappa shape index (κ3) is 6.80. The molecule has 0 aromatic heterocycles. The normalized spacial score (nSPS) is 10.0. The summed E-state index contributed by atoms with van der Waals surface area (Å²) < 4.78 is 4.63. The van der Waals surface area contributed by atoms with Gasteiger partial charge >= 0.3 is 5.97 Å². The number of hydrogen-bond donors (Lipinski definition) is 1. The first-order valence-electron chi connectivity index (χ1n) is 6.29. The summed E-state index contributed by atoms with van der Waals surface area (Å²) in [6.45, 7) is 0.656. The highest BCUT2D eigenvalue weighted by Crippen LogP contribution is 2.11. The van der Waals surface area contributed by atoms with Gasteiger partial charge in [-0.2, -0.15) is 0 Å². The average molecular weight is 309 g/mol. The van der Waals surface area contributed by atoms with Gasteiger partial charge in [0.05, 0.1) is 26.7 Å². The molecule has 1 N–H and O–H groups in total. The highest BCUT2D eigenvalue weighted by Gasteiger charge is 2.15. The van der Waals surface area contributed by atoms with Gasteiger partial charge in [0.25, 0.3) is 0 Å². The van der Waals surface area contributed by atoms with Crippen LogP contribution in [-0.2, 0) is 20.9 Å². The molecule has 0 saturated carbocycles. The second kappa shape index (κ2) is 9.01. The van der Waals surface area contributed by atoms with Crippen molar-refractivity contribution in [1.29, 1.82) is 0 Å². The van der Waals surface area contributed by atoms with Crippen molar-refractivity contribution in [3.63, 3.8) is 0 Å². The van der Waals surface area contributed by atoms with Crippen LogP contribution in [0.25, 0.3) is 0 Å². The molecule has 1 aromatic rings. The number of carbonyl (C=O) groups excluding carboxylic acids is 2. The summed E-state index contributed by atoms with van der Waals surface area (Å²) >= 11 is 5.83. The van der Waals surface area contributed by atoms with Crippen molar-refractivity contribution in [3.05, 3.63) is 34.9 Å². The maximum Gasteiger partial charge on any atom is 0.319 e. The number of nitrogens with zero attached hydrogens (tertiary/aromatic N) is 1. The third-order valence-corrected chi connectivity index (χ3v) is 2.91. The summed E-state index contributed by atoms with van der Waals surface area (Å²) in [5, 5.41) is 3.19. The molecule has 1 aromatic carbocycles. The van der Waals surface area contributed by atoms with E-state index in [9.17, 15) is 9.59 Å². The molecule has 0 fully saturated rings. The Bertz CT molecular complexity index is 523. The number of methoxy groups -OCH3 is 1. The van der Waals surface area contributed by atoms with Crippen LogP contribution in [0.15, 0.2) is 24.3 Å². The molecular weight excluding hydrogens is 292 g/mol. The van der Waals surface area contributed by atoms with Gasteiger partial charge in [-0.05, 0) is 17.7 Å². The minimum absolute atomic E-state index is 0.0165. The van der Waals surface area contributed by atoms with Crippen LogP contribution in [0.4, 0.5) is 0 Å². The van der Waals surface area contributed by atoms with Crippen LogP contribution in [0.2, 0.25) is 5.02 Å². The lowest BCUT2D eigenvalue weighted by atomic mass is 10.2. The van der Waals surface area contributed by atoms with E-state index in [1.807, 2.05) is 12.1 Å². The molecule has 6 heteroatoms. The molecule has 0 saturated heterocycles. The van der Waals surface area contributed by atoms with E-state index in [2.05, 4.69) is 16.0 Å². The predicted molar refractivity (Wildman–Crippen MR) is 80.6 cm³/mol. The number of hydrogen-bond acceptors (Lipinski definition) is 4. The van der Waals surface area contributed by atoms with Crippen molar-refractivity contribution in [2.45, 2.75) is 6.54 Å². The van der Waals surface area contributed by atoms with Gasteiger partial charge in [-0.15, -0.1) is 6.42 Å². The molecule has 1 amide bonds. The van der Waals surface area contributed by atoms with Crippen LogP contribution in [-0.4, -0.2) is 43.5 Å². The summed E-state index contributed by atoms with van der Waals surface area (Å²) in [5.41, 5.74) is 0.938. The van der Waals surface area contributed by atoms with Crippen LogP contribution in [0.1, 0.15) is 5.56 Å². The Labute approximate surface area is 129 Å². The van der Waals surface area contributed by atoms with E-state index in [1.165, 1.54) is 7.11 Å². The van der Waals surface area contributed by atoms with E-state index < -0.39 is 5.97 Å². The summed E-state index contributed by atoms with van der Waals surface area (Å²) in [4.78, 5) is 24.8. The first-order valence-corrected chi connectivity index (χ1v) is 6.66. The SMILES string of the molecule is C#CCNC(=O)CN(CC(=O)OC)Cc1ccc(Cl)cc1. The monoisotopic (exact) mass is 308 g/mol. The zero-order valence-corrected chi connectivity index (χ0v) is 12.5. The number of ether oxygens (including phenoxy) is 1. The molecular formula is C15H17ClN2O3. The fraction of sp³-hybridized carbons (Fsp3) is 0.333. The molecule has 5 nitrogen and oxygen atoms in total. The smallest absolute Gasteiger partial charge is 0.319 e. The van der Waals surface area contributed by atoms with Crippen LogP contribution in [0, 0.1) is 12.3 Å². The highest BCUT2D eigenvalue weighted by molar-refractivity contribution is 6.30. The van der Waals surface area contributed by atoms with E-state index in [-0.39, 0.29) is 25.5 Å². The molecule has 0 aliphatic rings. The molecule has 0 atom stereocenters. The largest absolute Gasteiger partial charge is 0.468 e. The van der Waals surface area contributed by atoms with Crippen molar-refractivity contribution < 1.29 is 14.3 Å². The van der Waals surface area contributed by atoms with Gasteiger partial charge < -0.3 is 10.1 Å². The molecule has 0 radical (unpaired) electrons. The molecule has 0 aliphatic carbocycles. The van der Waals surface area contributed by atoms with Crippen LogP contribution in [0.3, 0.4) is 0 Å². The van der Waals surface area contributed by atoms with Crippen molar-refractivity contribution in [2.24, 2.45) is 0 Å². The zero-order chi connectivity index (χ0) is 15.7. The van der Waals surface area contributed by atoms with Gasteiger partial charge in [0.1, 0.15) is 0 Å². The number of rotatable bonds is 7. The van der Waals surface area contributed by atoms with Gasteiger partial charge in [0.15, 0.2) is 0 Å². The molecule has 21 heavy (non-hydrogen) atoms. The number of terminal acetylenes is 1. The van der Waals surface area contributed by atoms with Crippen LogP contribution >= 0.6 is 11.6 Å². The maximum atomic E-state index is 11.7. The van der Waals surface area contributed by atoms with E-state index >= 15 is 0 Å². The number of amides is 1. The Balaban J connectivity index is 2.67. The van der Waals surface area contributed by atoms with Crippen LogP contribution in [0.5, 0.6) is 0 Å². The average Bonchev–Trinajstić information content (AvgIpc) is 2.47. The summed E-state index contributed by atoms with van der Waals surface area (Å²) in [5.74, 6) is 1.67. The fourth-order valence-electron chi connectivity index (χ4n) is 1.67. The molecule has 1 rings (SSSR count). The van der Waals surface area contributed by atoms with Gasteiger partial charge in [-0.3, -0.25) is 14.5 Å². The van der Waals surface area contributed by atoms with E-state index in [4.69, 9.17) is 18.0 Å². The second-order valence-electron chi connectivity index (χ2n) is 4.33.